The van der Waals surface area contributed by atoms with Crippen LogP contribution in [-0.2, 0) is 9.59 Å². The SMILES string of the molecule is COc1ccc(-c2cnn3c2NC(=O)CC3C(=O)Nc2ccccc2F)cc1OC. The fraction of sp³-hybridized carbons (Fsp3) is 0.190. The molecule has 2 aromatic carbocycles. The number of hydrogen-bond acceptors (Lipinski definition) is 5. The Kier molecular flexibility index (Phi) is 5.09. The summed E-state index contributed by atoms with van der Waals surface area (Å²) in [4.78, 5) is 25.1. The van der Waals surface area contributed by atoms with Gasteiger partial charge in [0.15, 0.2) is 11.5 Å². The van der Waals surface area contributed by atoms with Crippen molar-refractivity contribution in [1.82, 2.24) is 9.78 Å². The van der Waals surface area contributed by atoms with Gasteiger partial charge in [0.05, 0.1) is 32.5 Å². The molecule has 30 heavy (non-hydrogen) atoms. The first-order valence-electron chi connectivity index (χ1n) is 9.17. The standard InChI is InChI=1S/C21H19FN4O4/c1-29-17-8-7-12(9-18(17)30-2)13-11-23-26-16(10-19(27)25-20(13)26)21(28)24-15-6-4-3-5-14(15)22/h3-9,11,16H,10H2,1-2H3,(H,24,28)(H,25,27). The molecule has 1 aromatic heterocycles. The average molecular weight is 410 g/mol. The van der Waals surface area contributed by atoms with Gasteiger partial charge in [0.1, 0.15) is 17.7 Å². The van der Waals surface area contributed by atoms with Crippen molar-refractivity contribution in [1.29, 1.82) is 0 Å². The van der Waals surface area contributed by atoms with Gasteiger partial charge in [0.2, 0.25) is 11.8 Å². The summed E-state index contributed by atoms with van der Waals surface area (Å²) in [6.45, 7) is 0. The highest BCUT2D eigenvalue weighted by Gasteiger charge is 2.33. The quantitative estimate of drug-likeness (QED) is 0.674. The first kappa shape index (κ1) is 19.4. The molecule has 0 saturated carbocycles. The van der Waals surface area contributed by atoms with Crippen LogP contribution in [0.25, 0.3) is 11.1 Å². The van der Waals surface area contributed by atoms with E-state index in [1.807, 2.05) is 0 Å². The van der Waals surface area contributed by atoms with Gasteiger partial charge in [-0.25, -0.2) is 9.07 Å². The lowest BCUT2D eigenvalue weighted by atomic mass is 10.1. The highest BCUT2D eigenvalue weighted by atomic mass is 19.1. The molecule has 1 aliphatic rings. The Balaban J connectivity index is 1.69. The van der Waals surface area contributed by atoms with E-state index in [4.69, 9.17) is 9.47 Å². The molecule has 0 bridgehead atoms. The van der Waals surface area contributed by atoms with Crippen LogP contribution in [0.1, 0.15) is 12.5 Å². The number of para-hydroxylation sites is 1. The van der Waals surface area contributed by atoms with E-state index in [2.05, 4.69) is 15.7 Å². The van der Waals surface area contributed by atoms with Gasteiger partial charge in [-0.2, -0.15) is 5.10 Å². The van der Waals surface area contributed by atoms with Crippen LogP contribution in [0.5, 0.6) is 11.5 Å². The number of carbonyl (C=O) groups is 2. The van der Waals surface area contributed by atoms with Gasteiger partial charge < -0.3 is 20.1 Å². The highest BCUT2D eigenvalue weighted by Crippen LogP contribution is 2.38. The van der Waals surface area contributed by atoms with Gasteiger partial charge in [0, 0.05) is 5.56 Å². The number of hydrogen-bond donors (Lipinski definition) is 2. The minimum Gasteiger partial charge on any atom is -0.493 e. The van der Waals surface area contributed by atoms with Crippen molar-refractivity contribution in [2.75, 3.05) is 24.9 Å². The van der Waals surface area contributed by atoms with Crippen LogP contribution in [-0.4, -0.2) is 35.8 Å². The number of carbonyl (C=O) groups excluding carboxylic acids is 2. The Morgan fingerprint density at radius 1 is 1.20 bits per heavy atom. The molecule has 2 heterocycles. The Morgan fingerprint density at radius 2 is 1.97 bits per heavy atom. The first-order chi connectivity index (χ1) is 14.5. The molecule has 154 valence electrons. The van der Waals surface area contributed by atoms with E-state index in [1.54, 1.807) is 30.5 Å². The molecular weight excluding hydrogens is 391 g/mol. The number of halogens is 1. The number of anilines is 2. The van der Waals surface area contributed by atoms with Gasteiger partial charge in [-0.3, -0.25) is 9.59 Å². The van der Waals surface area contributed by atoms with E-state index in [9.17, 15) is 14.0 Å². The van der Waals surface area contributed by atoms with E-state index in [1.165, 1.54) is 37.1 Å². The van der Waals surface area contributed by atoms with Gasteiger partial charge in [-0.05, 0) is 29.8 Å². The lowest BCUT2D eigenvalue weighted by molar-refractivity contribution is -0.125. The van der Waals surface area contributed by atoms with Crippen molar-refractivity contribution in [3.63, 3.8) is 0 Å². The van der Waals surface area contributed by atoms with E-state index in [-0.39, 0.29) is 18.0 Å². The molecule has 4 rings (SSSR count). The minimum absolute atomic E-state index is 0.0438. The van der Waals surface area contributed by atoms with E-state index in [0.717, 1.165) is 5.56 Å². The zero-order chi connectivity index (χ0) is 21.3. The Morgan fingerprint density at radius 3 is 2.70 bits per heavy atom. The second kappa shape index (κ2) is 7.86. The number of ether oxygens (including phenoxy) is 2. The van der Waals surface area contributed by atoms with Crippen LogP contribution >= 0.6 is 0 Å². The number of rotatable bonds is 5. The van der Waals surface area contributed by atoms with Crippen molar-refractivity contribution in [2.45, 2.75) is 12.5 Å². The predicted octanol–water partition coefficient (Wildman–Crippen LogP) is 3.23. The predicted molar refractivity (Wildman–Crippen MR) is 108 cm³/mol. The molecule has 8 nitrogen and oxygen atoms in total. The maximum atomic E-state index is 13.9. The molecule has 0 aliphatic carbocycles. The van der Waals surface area contributed by atoms with Crippen molar-refractivity contribution >= 4 is 23.3 Å². The first-order valence-corrected chi connectivity index (χ1v) is 9.17. The molecule has 2 amide bonds. The summed E-state index contributed by atoms with van der Waals surface area (Å²) in [5.41, 5.74) is 1.39. The van der Waals surface area contributed by atoms with E-state index < -0.39 is 17.8 Å². The maximum Gasteiger partial charge on any atom is 0.249 e. The van der Waals surface area contributed by atoms with E-state index in [0.29, 0.717) is 22.9 Å². The zero-order valence-corrected chi connectivity index (χ0v) is 16.3. The van der Waals surface area contributed by atoms with Crippen LogP contribution in [0.2, 0.25) is 0 Å². The average Bonchev–Trinajstić information content (AvgIpc) is 3.17. The summed E-state index contributed by atoms with van der Waals surface area (Å²) in [5.74, 6) is 0.0425. The second-order valence-corrected chi connectivity index (χ2v) is 6.66. The van der Waals surface area contributed by atoms with Crippen LogP contribution in [0.4, 0.5) is 15.9 Å². The molecule has 2 N–H and O–H groups in total. The van der Waals surface area contributed by atoms with Gasteiger partial charge >= 0.3 is 0 Å². The molecule has 0 radical (unpaired) electrons. The summed E-state index contributed by atoms with van der Waals surface area (Å²) < 4.78 is 25.9. The maximum absolute atomic E-state index is 13.9. The molecule has 0 fully saturated rings. The minimum atomic E-state index is -0.915. The van der Waals surface area contributed by atoms with Crippen molar-refractivity contribution < 1.29 is 23.5 Å². The smallest absolute Gasteiger partial charge is 0.249 e. The van der Waals surface area contributed by atoms with E-state index >= 15 is 0 Å². The molecular formula is C21H19FN4O4. The lowest BCUT2D eigenvalue weighted by Gasteiger charge is -2.24. The Bertz CT molecular complexity index is 1130. The highest BCUT2D eigenvalue weighted by molar-refractivity contribution is 6.03. The fourth-order valence-electron chi connectivity index (χ4n) is 3.37. The Labute approximate surface area is 171 Å². The summed E-state index contributed by atoms with van der Waals surface area (Å²) in [6, 6.07) is 10.2. The second-order valence-electron chi connectivity index (χ2n) is 6.66. The third-order valence-corrected chi connectivity index (χ3v) is 4.86. The third kappa shape index (κ3) is 3.45. The summed E-state index contributed by atoms with van der Waals surface area (Å²) in [7, 11) is 3.07. The van der Waals surface area contributed by atoms with Crippen LogP contribution in [0.3, 0.4) is 0 Å². The molecule has 9 heteroatoms. The van der Waals surface area contributed by atoms with Crippen molar-refractivity contribution in [3.05, 3.63) is 54.5 Å². The summed E-state index contributed by atoms with van der Waals surface area (Å²) in [5, 5.41) is 9.61. The molecule has 3 aromatic rings. The van der Waals surface area contributed by atoms with Crippen molar-refractivity contribution in [2.24, 2.45) is 0 Å². The fourth-order valence-corrected chi connectivity index (χ4v) is 3.37. The lowest BCUT2D eigenvalue weighted by Crippen LogP contribution is -2.36. The molecule has 1 atom stereocenters. The third-order valence-electron chi connectivity index (χ3n) is 4.86. The zero-order valence-electron chi connectivity index (χ0n) is 16.3. The number of amides is 2. The number of aromatic nitrogens is 2. The van der Waals surface area contributed by atoms with Crippen LogP contribution in [0, 0.1) is 5.82 Å². The number of methoxy groups -OCH3 is 2. The van der Waals surface area contributed by atoms with Gasteiger partial charge in [-0.15, -0.1) is 0 Å². The molecule has 0 spiro atoms. The number of nitrogens with one attached hydrogen (secondary N) is 2. The topological polar surface area (TPSA) is 94.5 Å². The Hall–Kier alpha value is -3.88. The van der Waals surface area contributed by atoms with Gasteiger partial charge in [0.25, 0.3) is 0 Å². The normalized spacial score (nSPS) is 15.2. The largest absolute Gasteiger partial charge is 0.493 e. The molecule has 1 unspecified atom stereocenters. The number of benzene rings is 2. The van der Waals surface area contributed by atoms with Crippen LogP contribution < -0.4 is 20.1 Å². The van der Waals surface area contributed by atoms with Crippen molar-refractivity contribution in [3.8, 4) is 22.6 Å². The number of fused-ring (bicyclic) bond motifs is 1. The summed E-state index contributed by atoms with van der Waals surface area (Å²) in [6.07, 6.45) is 1.45. The van der Waals surface area contributed by atoms with Gasteiger partial charge in [-0.1, -0.05) is 18.2 Å². The summed E-state index contributed by atoms with van der Waals surface area (Å²) >= 11 is 0. The number of nitrogens with zero attached hydrogens (tertiary/aromatic N) is 2. The van der Waals surface area contributed by atoms with Crippen LogP contribution in [0.15, 0.2) is 48.7 Å². The molecule has 1 aliphatic heterocycles. The molecule has 0 saturated heterocycles. The monoisotopic (exact) mass is 410 g/mol.